The maximum Gasteiger partial charge on any atom is 0.160 e. The number of aromatic nitrogens is 2. The van der Waals surface area contributed by atoms with E-state index in [0.717, 1.165) is 50.3 Å². The van der Waals surface area contributed by atoms with Gasteiger partial charge < -0.3 is 4.74 Å². The molecule has 1 aliphatic heterocycles. The maximum absolute atomic E-state index is 9.46. The number of rotatable bonds is 2. The van der Waals surface area contributed by atoms with Crippen LogP contribution in [0.15, 0.2) is 103 Å². The Balaban J connectivity index is 1.40. The fraction of sp³-hybridized carbons (Fsp3) is 0.0882. The molecule has 0 atom stereocenters. The van der Waals surface area contributed by atoms with E-state index in [4.69, 9.17) is 14.7 Å². The zero-order valence-corrected chi connectivity index (χ0v) is 21.1. The third-order valence-electron chi connectivity index (χ3n) is 7.54. The fourth-order valence-electron chi connectivity index (χ4n) is 5.45. The quantitative estimate of drug-likeness (QED) is 0.245. The predicted octanol–water partition coefficient (Wildman–Crippen LogP) is 8.42. The van der Waals surface area contributed by atoms with Crippen molar-refractivity contribution in [3.63, 3.8) is 0 Å². The lowest BCUT2D eigenvalue weighted by atomic mass is 9.75. The molecular weight excluding hydrogens is 466 g/mol. The van der Waals surface area contributed by atoms with E-state index in [-0.39, 0.29) is 5.41 Å². The molecule has 1 aliphatic rings. The first-order valence-corrected chi connectivity index (χ1v) is 12.6. The summed E-state index contributed by atoms with van der Waals surface area (Å²) in [5, 5.41) is 12.9. The van der Waals surface area contributed by atoms with E-state index >= 15 is 0 Å². The van der Waals surface area contributed by atoms with Gasteiger partial charge in [0.25, 0.3) is 0 Å². The minimum Gasteiger partial charge on any atom is -0.457 e. The topological polar surface area (TPSA) is 58.8 Å². The summed E-state index contributed by atoms with van der Waals surface area (Å²) in [5.74, 6) is 2.27. The van der Waals surface area contributed by atoms with Gasteiger partial charge in [0, 0.05) is 33.1 Å². The Kier molecular flexibility index (Phi) is 4.83. The highest BCUT2D eigenvalue weighted by Gasteiger charge is 2.35. The molecule has 4 heteroatoms. The Morgan fingerprint density at radius 2 is 1.39 bits per heavy atom. The summed E-state index contributed by atoms with van der Waals surface area (Å²) < 4.78 is 6.26. The number of para-hydroxylation sites is 1. The molecule has 4 nitrogen and oxygen atoms in total. The summed E-state index contributed by atoms with van der Waals surface area (Å²) in [4.78, 5) is 10.1. The van der Waals surface area contributed by atoms with Crippen LogP contribution in [-0.4, -0.2) is 9.97 Å². The van der Waals surface area contributed by atoms with Crippen molar-refractivity contribution in [3.05, 3.63) is 120 Å². The minimum absolute atomic E-state index is 0.357. The van der Waals surface area contributed by atoms with Gasteiger partial charge in [0.15, 0.2) is 5.82 Å². The van der Waals surface area contributed by atoms with Crippen molar-refractivity contribution in [2.75, 3.05) is 0 Å². The zero-order chi connectivity index (χ0) is 25.9. The van der Waals surface area contributed by atoms with Crippen molar-refractivity contribution in [2.24, 2.45) is 0 Å². The Hall–Kier alpha value is -5.01. The molecule has 2 heterocycles. The van der Waals surface area contributed by atoms with E-state index in [0.29, 0.717) is 11.4 Å². The lowest BCUT2D eigenvalue weighted by molar-refractivity contribution is 0.418. The van der Waals surface area contributed by atoms with Gasteiger partial charge in [0.2, 0.25) is 0 Å². The molecule has 0 N–H and O–H groups in total. The summed E-state index contributed by atoms with van der Waals surface area (Å²) >= 11 is 0. The summed E-state index contributed by atoms with van der Waals surface area (Å²) in [5.41, 5.74) is 6.10. The second-order valence-electron chi connectivity index (χ2n) is 10.2. The number of hydrogen-bond donors (Lipinski definition) is 0. The molecule has 1 aromatic heterocycles. The first-order chi connectivity index (χ1) is 18.5. The van der Waals surface area contributed by atoms with Crippen LogP contribution < -0.4 is 4.74 Å². The third kappa shape index (κ3) is 3.44. The van der Waals surface area contributed by atoms with Crippen molar-refractivity contribution in [1.29, 1.82) is 5.26 Å². The molecule has 0 saturated heterocycles. The van der Waals surface area contributed by atoms with Crippen LogP contribution in [0.4, 0.5) is 0 Å². The van der Waals surface area contributed by atoms with Crippen LogP contribution in [0.5, 0.6) is 11.5 Å². The number of fused-ring (bicyclic) bond motifs is 4. The van der Waals surface area contributed by atoms with Crippen LogP contribution in [0.2, 0.25) is 0 Å². The van der Waals surface area contributed by atoms with Crippen LogP contribution in [-0.2, 0) is 5.41 Å². The van der Waals surface area contributed by atoms with Gasteiger partial charge in [-0.3, -0.25) is 0 Å². The van der Waals surface area contributed by atoms with Crippen molar-refractivity contribution in [2.45, 2.75) is 19.3 Å². The summed E-state index contributed by atoms with van der Waals surface area (Å²) in [7, 11) is 0. The molecule has 0 saturated carbocycles. The van der Waals surface area contributed by atoms with Crippen LogP contribution in [0, 0.1) is 11.3 Å². The van der Waals surface area contributed by atoms with Crippen molar-refractivity contribution in [3.8, 4) is 40.2 Å². The number of hydrogen-bond acceptors (Lipinski definition) is 4. The zero-order valence-electron chi connectivity index (χ0n) is 21.1. The summed E-state index contributed by atoms with van der Waals surface area (Å²) in [6.07, 6.45) is 0. The van der Waals surface area contributed by atoms with Gasteiger partial charge in [-0.05, 0) is 59.3 Å². The van der Waals surface area contributed by atoms with E-state index in [2.05, 4.69) is 74.5 Å². The second-order valence-corrected chi connectivity index (χ2v) is 10.2. The lowest BCUT2D eigenvalue weighted by Gasteiger charge is -2.34. The summed E-state index contributed by atoms with van der Waals surface area (Å²) in [6.45, 7) is 4.33. The van der Waals surface area contributed by atoms with Gasteiger partial charge >= 0.3 is 0 Å². The molecule has 6 aromatic rings. The van der Waals surface area contributed by atoms with Crippen LogP contribution in [0.25, 0.3) is 44.3 Å². The third-order valence-corrected chi connectivity index (χ3v) is 7.54. The molecular formula is C34H23N3O. The van der Waals surface area contributed by atoms with Crippen molar-refractivity contribution in [1.82, 2.24) is 9.97 Å². The van der Waals surface area contributed by atoms with Gasteiger partial charge in [-0.25, -0.2) is 9.97 Å². The Labute approximate surface area is 220 Å². The van der Waals surface area contributed by atoms with E-state index in [1.54, 1.807) is 6.07 Å². The van der Waals surface area contributed by atoms with Crippen LogP contribution in [0.3, 0.4) is 0 Å². The molecule has 0 spiro atoms. The SMILES string of the molecule is CC1(C)c2cc(C#N)ccc2Oc2ccc(-c3nc(-c4ccc5ccccc5c4)c4ccccc4n3)cc21. The van der Waals surface area contributed by atoms with Crippen LogP contribution in [0.1, 0.15) is 30.5 Å². The predicted molar refractivity (Wildman–Crippen MR) is 151 cm³/mol. The molecule has 0 amide bonds. The second kappa shape index (κ2) is 8.26. The van der Waals surface area contributed by atoms with Crippen LogP contribution >= 0.6 is 0 Å². The van der Waals surface area contributed by atoms with Crippen molar-refractivity contribution < 1.29 is 4.74 Å². The molecule has 0 aliphatic carbocycles. The van der Waals surface area contributed by atoms with E-state index < -0.39 is 0 Å². The van der Waals surface area contributed by atoms with E-state index in [1.807, 2.05) is 42.5 Å². The molecule has 7 rings (SSSR count). The number of ether oxygens (including phenoxy) is 1. The molecule has 0 fully saturated rings. The van der Waals surface area contributed by atoms with Crippen molar-refractivity contribution >= 4 is 21.7 Å². The molecule has 0 radical (unpaired) electrons. The number of nitriles is 1. The molecule has 0 bridgehead atoms. The highest BCUT2D eigenvalue weighted by Crippen LogP contribution is 2.49. The largest absolute Gasteiger partial charge is 0.457 e. The normalized spacial score (nSPS) is 13.4. The molecule has 0 unspecified atom stereocenters. The molecule has 38 heavy (non-hydrogen) atoms. The fourth-order valence-corrected chi connectivity index (χ4v) is 5.45. The first kappa shape index (κ1) is 22.2. The lowest BCUT2D eigenvalue weighted by Crippen LogP contribution is -2.24. The molecule has 5 aromatic carbocycles. The minimum atomic E-state index is -0.357. The average molecular weight is 490 g/mol. The van der Waals surface area contributed by atoms with E-state index in [9.17, 15) is 5.26 Å². The Morgan fingerprint density at radius 1 is 0.684 bits per heavy atom. The smallest absolute Gasteiger partial charge is 0.160 e. The highest BCUT2D eigenvalue weighted by atomic mass is 16.5. The highest BCUT2D eigenvalue weighted by molar-refractivity contribution is 5.96. The Bertz CT molecular complexity index is 1950. The van der Waals surface area contributed by atoms with Gasteiger partial charge in [0.1, 0.15) is 11.5 Å². The summed E-state index contributed by atoms with van der Waals surface area (Å²) in [6, 6.07) is 37.0. The van der Waals surface area contributed by atoms with Gasteiger partial charge in [-0.1, -0.05) is 68.4 Å². The molecule has 180 valence electrons. The number of benzene rings is 5. The van der Waals surface area contributed by atoms with Gasteiger partial charge in [0.05, 0.1) is 22.8 Å². The first-order valence-electron chi connectivity index (χ1n) is 12.6. The van der Waals surface area contributed by atoms with Gasteiger partial charge in [-0.15, -0.1) is 0 Å². The number of nitrogens with zero attached hydrogens (tertiary/aromatic N) is 3. The standard InChI is InChI=1S/C34H23N3O/c1-34(2)27-17-21(20-35)11-15-30(27)38-31-16-14-25(19-28(31)34)33-36-29-10-6-5-9-26(29)32(37-33)24-13-12-22-7-3-4-8-23(22)18-24/h3-19H,1-2H3. The Morgan fingerprint density at radius 3 is 2.24 bits per heavy atom. The van der Waals surface area contributed by atoms with Gasteiger partial charge in [-0.2, -0.15) is 5.26 Å². The average Bonchev–Trinajstić information content (AvgIpc) is 2.96. The monoisotopic (exact) mass is 489 g/mol. The maximum atomic E-state index is 9.46. The van der Waals surface area contributed by atoms with E-state index in [1.165, 1.54) is 10.8 Å².